The van der Waals surface area contributed by atoms with E-state index in [9.17, 15) is 0 Å². The molecule has 0 amide bonds. The monoisotopic (exact) mass is 1060 g/mol. The minimum absolute atomic E-state index is 0.851. The highest BCUT2D eigenvalue weighted by atomic mass is 15.1. The number of aliphatic imine (C=N–C) groups is 3. The van der Waals surface area contributed by atoms with Crippen molar-refractivity contribution in [1.29, 1.82) is 0 Å². The Morgan fingerprint density at radius 3 is 1.21 bits per heavy atom. The Morgan fingerprint density at radius 2 is 0.741 bits per heavy atom. The lowest BCUT2D eigenvalue weighted by Gasteiger charge is -2.21. The molecule has 8 bridgehead atoms. The van der Waals surface area contributed by atoms with Crippen molar-refractivity contribution in [2.45, 2.75) is 32.5 Å². The first-order valence-electron chi connectivity index (χ1n) is 28.1. The van der Waals surface area contributed by atoms with E-state index in [0.717, 1.165) is 142 Å². The van der Waals surface area contributed by atoms with E-state index < -0.39 is 0 Å². The molecule has 7 aliphatic rings. The molecule has 81 heavy (non-hydrogen) atoms. The molecular weight excluding hydrogens is 993 g/mol. The molecule has 6 aromatic rings. The summed E-state index contributed by atoms with van der Waals surface area (Å²) in [7, 11) is 0. The molecule has 0 aliphatic carbocycles. The predicted octanol–water partition coefficient (Wildman–Crippen LogP) is 9.00. The van der Waals surface area contributed by atoms with Crippen LogP contribution in [0.2, 0.25) is 0 Å². The average molecular weight is 1060 g/mol. The highest BCUT2D eigenvalue weighted by Crippen LogP contribution is 2.37. The molecule has 3 aromatic heterocycles. The van der Waals surface area contributed by atoms with Gasteiger partial charge in [-0.15, -0.1) is 0 Å². The average Bonchev–Trinajstić information content (AvgIpc) is 4.47. The fourth-order valence-electron chi connectivity index (χ4n) is 11.2. The second kappa shape index (κ2) is 23.1. The summed E-state index contributed by atoms with van der Waals surface area (Å²) in [6.07, 6.45) is 49.8. The molecular formula is C71H63N10+5. The zero-order chi connectivity index (χ0) is 54.3. The van der Waals surface area contributed by atoms with Crippen molar-refractivity contribution in [1.82, 2.24) is 9.80 Å². The zero-order valence-corrected chi connectivity index (χ0v) is 45.3. The van der Waals surface area contributed by atoms with Gasteiger partial charge < -0.3 is 15.5 Å². The number of hydrogen-bond acceptors (Lipinski definition) is 5. The van der Waals surface area contributed by atoms with Crippen molar-refractivity contribution in [3.63, 3.8) is 0 Å². The van der Waals surface area contributed by atoms with E-state index in [-0.39, 0.29) is 0 Å². The molecule has 10 heterocycles. The molecule has 0 fully saturated rings. The van der Waals surface area contributed by atoms with Gasteiger partial charge in [0, 0.05) is 97.5 Å². The Morgan fingerprint density at radius 1 is 0.358 bits per heavy atom. The number of aryl methyl sites for hydroxylation is 3. The summed E-state index contributed by atoms with van der Waals surface area (Å²) in [4.78, 5) is 24.7. The Balaban J connectivity index is 0.712. The normalized spacial score (nSPS) is 17.0. The zero-order valence-electron chi connectivity index (χ0n) is 45.3. The number of allylic oxidation sites excluding steroid dienone is 18. The number of nitrogens with zero attached hydrogens (tertiary/aromatic N) is 8. The van der Waals surface area contributed by atoms with Crippen molar-refractivity contribution in [2.24, 2.45) is 15.0 Å². The van der Waals surface area contributed by atoms with Gasteiger partial charge in [0.15, 0.2) is 50.3 Å². The van der Waals surface area contributed by atoms with Crippen LogP contribution in [0, 0.1) is 0 Å². The maximum absolute atomic E-state index is 5.48. The Kier molecular flexibility index (Phi) is 14.4. The summed E-state index contributed by atoms with van der Waals surface area (Å²) in [5.41, 5.74) is 24.2. The van der Waals surface area contributed by atoms with E-state index in [4.69, 9.17) is 15.0 Å². The number of quaternary nitrogens is 1. The van der Waals surface area contributed by atoms with Crippen LogP contribution in [-0.4, -0.2) is 52.3 Å². The molecule has 0 atom stereocenters. The van der Waals surface area contributed by atoms with Gasteiger partial charge in [0.1, 0.15) is 6.54 Å². The largest absolute Gasteiger partial charge is 0.356 e. The van der Waals surface area contributed by atoms with Crippen molar-refractivity contribution in [3.8, 4) is 11.1 Å². The standard InChI is InChI=1S/C71H61N10/c72-36-51-81-47-32-55(33-48-81)54-30-45-78(46-31-54)38-10-37-77-41-26-52(27-42-77)53-28-43-79(44-29-53)39-11-40-80-49-34-59(35-50-80)71-66-24-22-64(75-66)69(57-14-6-2-7-15-57)62-20-18-60(73-62)68(56-12-4-1-5-13-56)61-19-21-63(74-61)70(58-16-8-3-9-17-58)65-23-25-67(71)76-65/h1-9,12-35,41-50H,10-11,36-40,51,72H2/q+3/p+2. The Bertz CT molecular complexity index is 3910. The topological polar surface area (TPSA) is 96.8 Å². The second-order valence-corrected chi connectivity index (χ2v) is 20.7. The van der Waals surface area contributed by atoms with Crippen LogP contribution in [0.5, 0.6) is 0 Å². The summed E-state index contributed by atoms with van der Waals surface area (Å²) in [5, 5.41) is 0. The molecule has 0 spiro atoms. The van der Waals surface area contributed by atoms with Crippen LogP contribution < -0.4 is 24.4 Å². The summed E-state index contributed by atoms with van der Waals surface area (Å²) in [6, 6.07) is 44.9. The SMILES string of the molecule is [NH3+]CCN1C=CC(=C2C=CN(CCC[n+]3ccc(-c4cc[n+](CCC[n+]5ccc(C6=C7C=CC(=N7)C(c7ccccc7)=C7C=CC(=N7)C(c7ccccc7)=C7C=CC(=[NH+]7)C(c7ccccc7)=C7C=CC6=N7)cc5)cc4)cc3)C=C2)C=C1. The summed E-state index contributed by atoms with van der Waals surface area (Å²) >= 11 is 0. The molecule has 3 aromatic carbocycles. The number of rotatable bonds is 15. The lowest BCUT2D eigenvalue weighted by atomic mass is 9.98. The number of fused-ring (bicyclic) bond motifs is 4. The fraction of sp³-hybridized carbons (Fsp3) is 0.113. The molecule has 13 rings (SSSR count). The second-order valence-electron chi connectivity index (χ2n) is 20.7. The van der Waals surface area contributed by atoms with Gasteiger partial charge >= 0.3 is 0 Å². The fourth-order valence-corrected chi connectivity index (χ4v) is 11.2. The smallest absolute Gasteiger partial charge is 0.214 e. The van der Waals surface area contributed by atoms with Crippen molar-refractivity contribution < 1.29 is 24.4 Å². The van der Waals surface area contributed by atoms with Gasteiger partial charge in [0.05, 0.1) is 64.9 Å². The summed E-state index contributed by atoms with van der Waals surface area (Å²) in [6.45, 7) is 5.52. The first-order chi connectivity index (χ1) is 40.1. The van der Waals surface area contributed by atoms with E-state index in [1.807, 2.05) is 0 Å². The van der Waals surface area contributed by atoms with Gasteiger partial charge in [-0.2, -0.15) is 0 Å². The Labute approximate surface area is 473 Å². The molecule has 392 valence electrons. The van der Waals surface area contributed by atoms with Crippen LogP contribution in [0.1, 0.15) is 35.1 Å². The lowest BCUT2D eigenvalue weighted by Crippen LogP contribution is -2.68. The molecule has 0 radical (unpaired) electrons. The van der Waals surface area contributed by atoms with E-state index in [0.29, 0.717) is 0 Å². The molecule has 0 unspecified atom stereocenters. The Hall–Kier alpha value is -10.0. The van der Waals surface area contributed by atoms with Crippen LogP contribution in [-0.2, 0) is 19.6 Å². The highest BCUT2D eigenvalue weighted by molar-refractivity contribution is 6.38. The summed E-state index contributed by atoms with van der Waals surface area (Å²) in [5.74, 6) is 0. The van der Waals surface area contributed by atoms with E-state index in [1.54, 1.807) is 0 Å². The quantitative estimate of drug-likeness (QED) is 0.101. The van der Waals surface area contributed by atoms with Crippen LogP contribution in [0.4, 0.5) is 0 Å². The molecule has 10 nitrogen and oxygen atoms in total. The van der Waals surface area contributed by atoms with Crippen LogP contribution in [0.25, 0.3) is 33.4 Å². The lowest BCUT2D eigenvalue weighted by molar-refractivity contribution is -0.726. The first-order valence-corrected chi connectivity index (χ1v) is 28.1. The van der Waals surface area contributed by atoms with Crippen LogP contribution in [0.15, 0.2) is 311 Å². The molecule has 7 aliphatic heterocycles. The maximum Gasteiger partial charge on any atom is 0.214 e. The van der Waals surface area contributed by atoms with Gasteiger partial charge in [-0.25, -0.2) is 33.7 Å². The number of hydrogen-bond donors (Lipinski definition) is 2. The van der Waals surface area contributed by atoms with Gasteiger partial charge in [0.25, 0.3) is 0 Å². The van der Waals surface area contributed by atoms with E-state index in [2.05, 4.69) is 297 Å². The van der Waals surface area contributed by atoms with Gasteiger partial charge in [-0.3, -0.25) is 0 Å². The third-order valence-corrected chi connectivity index (χ3v) is 15.4. The van der Waals surface area contributed by atoms with Gasteiger partial charge in [-0.05, 0) is 105 Å². The number of aromatic nitrogens is 3. The van der Waals surface area contributed by atoms with Gasteiger partial charge in [-0.1, -0.05) is 91.0 Å². The van der Waals surface area contributed by atoms with Crippen LogP contribution in [0.3, 0.4) is 0 Å². The molecule has 10 heteroatoms. The van der Waals surface area contributed by atoms with Crippen molar-refractivity contribution in [3.05, 3.63) is 318 Å². The minimum Gasteiger partial charge on any atom is -0.356 e. The van der Waals surface area contributed by atoms with Crippen molar-refractivity contribution in [2.75, 3.05) is 19.6 Å². The predicted molar refractivity (Wildman–Crippen MR) is 325 cm³/mol. The maximum atomic E-state index is 5.48. The number of pyridine rings is 3. The molecule has 0 saturated heterocycles. The summed E-state index contributed by atoms with van der Waals surface area (Å²) < 4.78 is 6.82. The third-order valence-electron chi connectivity index (χ3n) is 15.4. The minimum atomic E-state index is 0.851. The number of benzene rings is 3. The highest BCUT2D eigenvalue weighted by Gasteiger charge is 2.31. The third kappa shape index (κ3) is 11.1. The van der Waals surface area contributed by atoms with E-state index >= 15 is 0 Å². The molecule has 4 N–H and O–H groups in total. The first kappa shape index (κ1) is 50.5. The van der Waals surface area contributed by atoms with Crippen LogP contribution >= 0.6 is 0 Å². The number of nitrogens with one attached hydrogen (secondary N) is 1. The molecule has 0 saturated carbocycles. The van der Waals surface area contributed by atoms with Gasteiger partial charge in [0.2, 0.25) is 11.4 Å². The van der Waals surface area contributed by atoms with E-state index in [1.165, 1.54) is 22.3 Å². The van der Waals surface area contributed by atoms with Crippen molar-refractivity contribution >= 4 is 45.1 Å².